The van der Waals surface area contributed by atoms with E-state index in [-0.39, 0.29) is 0 Å². The molecule has 0 atom stereocenters. The SMILES string of the molecule is O=S1(=O)NCCCCCCN1. The van der Waals surface area contributed by atoms with Crippen LogP contribution in [0.25, 0.3) is 0 Å². The molecule has 1 saturated heterocycles. The fourth-order valence-corrected chi connectivity index (χ4v) is 2.00. The zero-order chi connectivity index (χ0) is 8.16. The minimum absolute atomic E-state index is 0.565. The lowest BCUT2D eigenvalue weighted by atomic mass is 10.2. The maximum Gasteiger partial charge on any atom is 0.276 e. The molecule has 1 aliphatic rings. The van der Waals surface area contributed by atoms with Gasteiger partial charge >= 0.3 is 0 Å². The van der Waals surface area contributed by atoms with Gasteiger partial charge in [0.25, 0.3) is 10.2 Å². The summed E-state index contributed by atoms with van der Waals surface area (Å²) in [6, 6.07) is 0. The van der Waals surface area contributed by atoms with Crippen LogP contribution < -0.4 is 9.44 Å². The first-order valence-electron chi connectivity index (χ1n) is 3.95. The number of hydrogen-bond acceptors (Lipinski definition) is 2. The predicted molar refractivity (Wildman–Crippen MR) is 43.4 cm³/mol. The standard InChI is InChI=1S/C6H14N2O2S/c9-11(10)7-5-3-1-2-4-6-8-11/h7-8H,1-6H2. The molecule has 0 radical (unpaired) electrons. The van der Waals surface area contributed by atoms with E-state index in [1.165, 1.54) is 0 Å². The van der Waals surface area contributed by atoms with Gasteiger partial charge in [-0.15, -0.1) is 0 Å². The molecular weight excluding hydrogens is 164 g/mol. The normalized spacial score (nSPS) is 26.5. The van der Waals surface area contributed by atoms with Crippen LogP contribution in [0, 0.1) is 0 Å². The van der Waals surface area contributed by atoms with Gasteiger partial charge in [0.05, 0.1) is 0 Å². The van der Waals surface area contributed by atoms with E-state index >= 15 is 0 Å². The fourth-order valence-electron chi connectivity index (χ4n) is 1.07. The van der Waals surface area contributed by atoms with Crippen LogP contribution in [0.1, 0.15) is 25.7 Å². The van der Waals surface area contributed by atoms with E-state index < -0.39 is 10.2 Å². The van der Waals surface area contributed by atoms with E-state index in [9.17, 15) is 8.42 Å². The number of hydrogen-bond donors (Lipinski definition) is 2. The average Bonchev–Trinajstić information content (AvgIpc) is 2.00. The fraction of sp³-hybridized carbons (Fsp3) is 1.00. The van der Waals surface area contributed by atoms with Gasteiger partial charge in [-0.25, -0.2) is 9.44 Å². The van der Waals surface area contributed by atoms with Crippen LogP contribution in [-0.4, -0.2) is 21.5 Å². The molecule has 0 bridgehead atoms. The Bertz CT molecular complexity index is 185. The van der Waals surface area contributed by atoms with E-state index in [0.717, 1.165) is 25.7 Å². The highest BCUT2D eigenvalue weighted by Crippen LogP contribution is 2.00. The van der Waals surface area contributed by atoms with Crippen LogP contribution in [0.3, 0.4) is 0 Å². The van der Waals surface area contributed by atoms with Gasteiger partial charge in [-0.1, -0.05) is 12.8 Å². The summed E-state index contributed by atoms with van der Waals surface area (Å²) < 4.78 is 26.8. The second kappa shape index (κ2) is 4.04. The Morgan fingerprint density at radius 3 is 1.73 bits per heavy atom. The molecule has 11 heavy (non-hydrogen) atoms. The van der Waals surface area contributed by atoms with Gasteiger partial charge in [0.1, 0.15) is 0 Å². The molecular formula is C6H14N2O2S. The summed E-state index contributed by atoms with van der Waals surface area (Å²) in [5, 5.41) is 0. The Hall–Kier alpha value is -0.130. The Kier molecular flexibility index (Phi) is 3.29. The summed E-state index contributed by atoms with van der Waals surface area (Å²) in [6.07, 6.45) is 4.12. The monoisotopic (exact) mass is 178 g/mol. The zero-order valence-electron chi connectivity index (χ0n) is 6.47. The van der Waals surface area contributed by atoms with E-state index in [0.29, 0.717) is 13.1 Å². The molecule has 4 nitrogen and oxygen atoms in total. The van der Waals surface area contributed by atoms with Crippen LogP contribution >= 0.6 is 0 Å². The molecule has 2 N–H and O–H groups in total. The van der Waals surface area contributed by atoms with Crippen molar-refractivity contribution in [3.8, 4) is 0 Å². The van der Waals surface area contributed by atoms with Gasteiger partial charge in [-0.05, 0) is 12.8 Å². The molecule has 5 heteroatoms. The van der Waals surface area contributed by atoms with Crippen LogP contribution in [-0.2, 0) is 10.2 Å². The van der Waals surface area contributed by atoms with Crippen molar-refractivity contribution in [1.82, 2.24) is 9.44 Å². The minimum Gasteiger partial charge on any atom is -0.202 e. The van der Waals surface area contributed by atoms with Crippen molar-refractivity contribution < 1.29 is 8.42 Å². The first-order chi connectivity index (χ1) is 5.21. The molecule has 1 fully saturated rings. The minimum atomic E-state index is -3.17. The molecule has 0 saturated carbocycles. The topological polar surface area (TPSA) is 58.2 Å². The molecule has 0 aromatic rings. The maximum atomic E-state index is 11.0. The van der Waals surface area contributed by atoms with Crippen LogP contribution in [0.4, 0.5) is 0 Å². The van der Waals surface area contributed by atoms with Crippen molar-refractivity contribution in [2.24, 2.45) is 0 Å². The van der Waals surface area contributed by atoms with Crippen molar-refractivity contribution in [2.45, 2.75) is 25.7 Å². The van der Waals surface area contributed by atoms with Crippen molar-refractivity contribution in [2.75, 3.05) is 13.1 Å². The van der Waals surface area contributed by atoms with Gasteiger partial charge in [0, 0.05) is 13.1 Å². The Labute approximate surface area is 67.6 Å². The van der Waals surface area contributed by atoms with Gasteiger partial charge in [-0.3, -0.25) is 0 Å². The average molecular weight is 178 g/mol. The first kappa shape index (κ1) is 8.96. The first-order valence-corrected chi connectivity index (χ1v) is 5.43. The molecule has 0 aliphatic carbocycles. The van der Waals surface area contributed by atoms with Crippen LogP contribution in [0.15, 0.2) is 0 Å². The predicted octanol–water partition coefficient (Wildman–Crippen LogP) is -0.0156. The third kappa shape index (κ3) is 3.69. The Morgan fingerprint density at radius 2 is 1.27 bits per heavy atom. The van der Waals surface area contributed by atoms with Crippen molar-refractivity contribution in [3.63, 3.8) is 0 Å². The second-order valence-corrected chi connectivity index (χ2v) is 4.29. The lowest BCUT2D eigenvalue weighted by molar-refractivity contribution is 0.568. The van der Waals surface area contributed by atoms with Crippen molar-refractivity contribution >= 4 is 10.2 Å². The van der Waals surface area contributed by atoms with Crippen LogP contribution in [0.2, 0.25) is 0 Å². The lowest BCUT2D eigenvalue weighted by Gasteiger charge is -2.03. The summed E-state index contributed by atoms with van der Waals surface area (Å²) >= 11 is 0. The highest BCUT2D eigenvalue weighted by molar-refractivity contribution is 7.87. The number of rotatable bonds is 0. The summed E-state index contributed by atoms with van der Waals surface area (Å²) in [6.45, 7) is 1.13. The molecule has 66 valence electrons. The molecule has 0 amide bonds. The molecule has 0 spiro atoms. The smallest absolute Gasteiger partial charge is 0.202 e. The van der Waals surface area contributed by atoms with E-state index in [1.807, 2.05) is 0 Å². The molecule has 0 aromatic heterocycles. The summed E-state index contributed by atoms with van der Waals surface area (Å²) in [7, 11) is -3.17. The Morgan fingerprint density at radius 1 is 0.818 bits per heavy atom. The quantitative estimate of drug-likeness (QED) is 0.548. The van der Waals surface area contributed by atoms with Crippen molar-refractivity contribution in [3.05, 3.63) is 0 Å². The molecule has 1 heterocycles. The molecule has 1 aliphatic heterocycles. The van der Waals surface area contributed by atoms with Gasteiger partial charge in [0.2, 0.25) is 0 Å². The highest BCUT2D eigenvalue weighted by Gasteiger charge is 2.08. The molecule has 0 unspecified atom stereocenters. The van der Waals surface area contributed by atoms with Crippen molar-refractivity contribution in [1.29, 1.82) is 0 Å². The lowest BCUT2D eigenvalue weighted by Crippen LogP contribution is -2.36. The van der Waals surface area contributed by atoms with E-state index in [4.69, 9.17) is 0 Å². The second-order valence-electron chi connectivity index (χ2n) is 2.71. The number of nitrogens with one attached hydrogen (secondary N) is 2. The third-order valence-corrected chi connectivity index (χ3v) is 2.86. The van der Waals surface area contributed by atoms with Crippen LogP contribution in [0.5, 0.6) is 0 Å². The summed E-state index contributed by atoms with van der Waals surface area (Å²) in [4.78, 5) is 0. The van der Waals surface area contributed by atoms with Gasteiger partial charge in [-0.2, -0.15) is 8.42 Å². The maximum absolute atomic E-state index is 11.0. The van der Waals surface area contributed by atoms with Gasteiger partial charge < -0.3 is 0 Å². The summed E-state index contributed by atoms with van der Waals surface area (Å²) in [5.74, 6) is 0. The van der Waals surface area contributed by atoms with Gasteiger partial charge in [0.15, 0.2) is 0 Å². The Balaban J connectivity index is 2.44. The van der Waals surface area contributed by atoms with E-state index in [2.05, 4.69) is 9.44 Å². The van der Waals surface area contributed by atoms with E-state index in [1.54, 1.807) is 0 Å². The highest BCUT2D eigenvalue weighted by atomic mass is 32.2. The summed E-state index contributed by atoms with van der Waals surface area (Å²) in [5.41, 5.74) is 0. The molecule has 1 rings (SSSR count). The largest absolute Gasteiger partial charge is 0.276 e. The molecule has 0 aromatic carbocycles. The zero-order valence-corrected chi connectivity index (χ0v) is 7.28. The third-order valence-electron chi connectivity index (χ3n) is 1.69.